The van der Waals surface area contributed by atoms with Crippen molar-refractivity contribution in [1.29, 1.82) is 0 Å². The van der Waals surface area contributed by atoms with Gasteiger partial charge in [0.25, 0.3) is 0 Å². The van der Waals surface area contributed by atoms with Crippen LogP contribution in [0.5, 0.6) is 0 Å². The molecular formula is C28H49NO2. The first kappa shape index (κ1) is 23.6. The first-order valence-corrected chi connectivity index (χ1v) is 13.4. The molecule has 1 heterocycles. The van der Waals surface area contributed by atoms with Crippen molar-refractivity contribution in [3.8, 4) is 0 Å². The standard InChI is InChI=1S/C28H49NO2/c1-18(2)9-8-10-19(3)20-11-12-21-26-22(13-15-27(20,21)4)28(5)16-14-25(30)29(6)24(28)17-23(26)31-7/h18-24,26H,8-17H2,1-7H3/t19?,20?,21?,22?,23?,24?,26?,27-,28-/m1/s1. The van der Waals surface area contributed by atoms with Gasteiger partial charge >= 0.3 is 0 Å². The normalized spacial score (nSPS) is 45.9. The number of hydrogen-bond donors (Lipinski definition) is 0. The fourth-order valence-electron chi connectivity index (χ4n) is 9.33. The van der Waals surface area contributed by atoms with E-state index in [2.05, 4.69) is 46.6 Å². The van der Waals surface area contributed by atoms with Gasteiger partial charge in [0.2, 0.25) is 5.91 Å². The van der Waals surface area contributed by atoms with Gasteiger partial charge < -0.3 is 9.64 Å². The number of likely N-dealkylation sites (tertiary alicyclic amines) is 1. The smallest absolute Gasteiger partial charge is 0.222 e. The van der Waals surface area contributed by atoms with Crippen molar-refractivity contribution in [2.24, 2.45) is 46.3 Å². The van der Waals surface area contributed by atoms with Crippen LogP contribution in [0.4, 0.5) is 0 Å². The highest BCUT2D eigenvalue weighted by Crippen LogP contribution is 2.67. The Morgan fingerprint density at radius 1 is 1.03 bits per heavy atom. The number of methoxy groups -OCH3 is 1. The van der Waals surface area contributed by atoms with E-state index < -0.39 is 0 Å². The van der Waals surface area contributed by atoms with E-state index in [1.54, 1.807) is 0 Å². The fraction of sp³-hybridized carbons (Fsp3) is 0.964. The molecule has 1 amide bonds. The van der Waals surface area contributed by atoms with Crippen LogP contribution in [0.3, 0.4) is 0 Å². The summed E-state index contributed by atoms with van der Waals surface area (Å²) >= 11 is 0. The number of nitrogens with zero attached hydrogens (tertiary/aromatic N) is 1. The highest BCUT2D eigenvalue weighted by Gasteiger charge is 2.64. The van der Waals surface area contributed by atoms with Crippen LogP contribution in [0, 0.1) is 46.3 Å². The van der Waals surface area contributed by atoms with Crippen molar-refractivity contribution in [3.05, 3.63) is 0 Å². The number of amides is 1. The first-order valence-electron chi connectivity index (χ1n) is 13.4. The zero-order valence-electron chi connectivity index (χ0n) is 21.5. The van der Waals surface area contributed by atoms with Crippen LogP contribution >= 0.6 is 0 Å². The third kappa shape index (κ3) is 3.79. The van der Waals surface area contributed by atoms with Crippen molar-refractivity contribution >= 4 is 5.91 Å². The van der Waals surface area contributed by atoms with E-state index in [1.165, 1.54) is 44.9 Å². The highest BCUT2D eigenvalue weighted by atomic mass is 16.5. The molecule has 0 radical (unpaired) electrons. The van der Waals surface area contributed by atoms with Crippen molar-refractivity contribution < 1.29 is 9.53 Å². The van der Waals surface area contributed by atoms with Gasteiger partial charge in [0, 0.05) is 26.6 Å². The highest BCUT2D eigenvalue weighted by molar-refractivity contribution is 5.77. The second kappa shape index (κ2) is 8.65. The Balaban J connectivity index is 1.56. The number of hydrogen-bond acceptors (Lipinski definition) is 2. The summed E-state index contributed by atoms with van der Waals surface area (Å²) in [4.78, 5) is 14.6. The second-order valence-corrected chi connectivity index (χ2v) is 12.9. The van der Waals surface area contributed by atoms with Crippen LogP contribution < -0.4 is 0 Å². The number of ether oxygens (including phenoxy) is 1. The Labute approximate surface area is 192 Å². The largest absolute Gasteiger partial charge is 0.381 e. The van der Waals surface area contributed by atoms with E-state index in [-0.39, 0.29) is 5.41 Å². The van der Waals surface area contributed by atoms with E-state index in [4.69, 9.17) is 4.74 Å². The van der Waals surface area contributed by atoms with E-state index in [0.717, 1.165) is 42.9 Å². The summed E-state index contributed by atoms with van der Waals surface area (Å²) in [5.41, 5.74) is 0.749. The second-order valence-electron chi connectivity index (χ2n) is 12.9. The quantitative estimate of drug-likeness (QED) is 0.477. The molecule has 0 aromatic rings. The van der Waals surface area contributed by atoms with Gasteiger partial charge in [-0.2, -0.15) is 0 Å². The van der Waals surface area contributed by atoms with Crippen LogP contribution in [-0.4, -0.2) is 37.1 Å². The summed E-state index contributed by atoms with van der Waals surface area (Å²) in [5, 5.41) is 0. The summed E-state index contributed by atoms with van der Waals surface area (Å²) < 4.78 is 6.24. The maximum Gasteiger partial charge on any atom is 0.222 e. The van der Waals surface area contributed by atoms with Gasteiger partial charge in [-0.05, 0) is 84.9 Å². The van der Waals surface area contributed by atoms with Gasteiger partial charge in [0.15, 0.2) is 0 Å². The molecule has 0 aromatic heterocycles. The lowest BCUT2D eigenvalue weighted by atomic mass is 9.45. The molecule has 0 bridgehead atoms. The number of rotatable bonds is 6. The molecule has 4 fully saturated rings. The zero-order valence-corrected chi connectivity index (χ0v) is 21.5. The molecule has 3 heteroatoms. The predicted octanol–water partition coefficient (Wildman–Crippen LogP) is 6.55. The Morgan fingerprint density at radius 2 is 1.74 bits per heavy atom. The number of carbonyl (C=O) groups excluding carboxylic acids is 1. The van der Waals surface area contributed by atoms with E-state index >= 15 is 0 Å². The maximum atomic E-state index is 12.5. The summed E-state index contributed by atoms with van der Waals surface area (Å²) in [6.07, 6.45) is 12.9. The van der Waals surface area contributed by atoms with E-state index in [1.807, 2.05) is 7.11 Å². The molecular weight excluding hydrogens is 382 g/mol. The van der Waals surface area contributed by atoms with Crippen LogP contribution in [0.2, 0.25) is 0 Å². The lowest BCUT2D eigenvalue weighted by Crippen LogP contribution is -2.65. The number of piperidine rings is 1. The van der Waals surface area contributed by atoms with Crippen molar-refractivity contribution in [2.45, 2.75) is 111 Å². The molecule has 178 valence electrons. The molecule has 0 aromatic carbocycles. The van der Waals surface area contributed by atoms with E-state index in [9.17, 15) is 4.79 Å². The third-order valence-corrected chi connectivity index (χ3v) is 11.1. The van der Waals surface area contributed by atoms with Gasteiger partial charge in [-0.15, -0.1) is 0 Å². The maximum absolute atomic E-state index is 12.5. The van der Waals surface area contributed by atoms with Gasteiger partial charge in [-0.1, -0.05) is 53.9 Å². The lowest BCUT2D eigenvalue weighted by molar-refractivity contribution is -0.186. The van der Waals surface area contributed by atoms with Crippen LogP contribution in [0.15, 0.2) is 0 Å². The molecule has 31 heavy (non-hydrogen) atoms. The molecule has 3 nitrogen and oxygen atoms in total. The third-order valence-electron chi connectivity index (χ3n) is 11.1. The van der Waals surface area contributed by atoms with Crippen molar-refractivity contribution in [3.63, 3.8) is 0 Å². The Hall–Kier alpha value is -0.570. The molecule has 0 spiro atoms. The minimum Gasteiger partial charge on any atom is -0.381 e. The monoisotopic (exact) mass is 431 g/mol. The molecule has 3 saturated carbocycles. The lowest BCUT2D eigenvalue weighted by Gasteiger charge is -2.63. The van der Waals surface area contributed by atoms with Crippen LogP contribution in [-0.2, 0) is 9.53 Å². The molecule has 4 rings (SSSR count). The Kier molecular flexibility index (Phi) is 6.58. The van der Waals surface area contributed by atoms with Crippen LogP contribution in [0.25, 0.3) is 0 Å². The molecule has 4 aliphatic rings. The average molecular weight is 432 g/mol. The number of fused-ring (bicyclic) bond motifs is 5. The van der Waals surface area contributed by atoms with Crippen molar-refractivity contribution in [1.82, 2.24) is 4.90 Å². The first-order chi connectivity index (χ1) is 14.6. The molecule has 1 aliphatic heterocycles. The summed E-state index contributed by atoms with van der Waals surface area (Å²) in [7, 11) is 3.98. The van der Waals surface area contributed by atoms with Gasteiger partial charge in [0.1, 0.15) is 0 Å². The fourth-order valence-corrected chi connectivity index (χ4v) is 9.33. The van der Waals surface area contributed by atoms with Crippen LogP contribution in [0.1, 0.15) is 98.8 Å². The molecule has 3 aliphatic carbocycles. The van der Waals surface area contributed by atoms with Gasteiger partial charge in [0.05, 0.1) is 6.10 Å². The zero-order chi connectivity index (χ0) is 22.6. The summed E-state index contributed by atoms with van der Waals surface area (Å²) in [6, 6.07) is 0.358. The van der Waals surface area contributed by atoms with E-state index in [0.29, 0.717) is 35.3 Å². The predicted molar refractivity (Wildman–Crippen MR) is 128 cm³/mol. The molecule has 9 atom stereocenters. The Bertz CT molecular complexity index is 661. The average Bonchev–Trinajstić information content (AvgIpc) is 3.08. The van der Waals surface area contributed by atoms with Gasteiger partial charge in [-0.25, -0.2) is 0 Å². The minimum atomic E-state index is 0.269. The topological polar surface area (TPSA) is 29.5 Å². The van der Waals surface area contributed by atoms with Crippen molar-refractivity contribution in [2.75, 3.05) is 14.2 Å². The summed E-state index contributed by atoms with van der Waals surface area (Å²) in [5.74, 6) is 5.08. The molecule has 1 saturated heterocycles. The molecule has 7 unspecified atom stereocenters. The minimum absolute atomic E-state index is 0.269. The van der Waals surface area contributed by atoms with Gasteiger partial charge in [-0.3, -0.25) is 4.79 Å². The Morgan fingerprint density at radius 3 is 2.42 bits per heavy atom. The SMILES string of the molecule is COC1CC2N(C)C(=O)CC[C@]2(C)C2CC[C@]3(C)C(C(C)CCCC(C)C)CCC3C12. The number of carbonyl (C=O) groups is 1. The summed E-state index contributed by atoms with van der Waals surface area (Å²) in [6.45, 7) is 12.4. The molecule has 0 N–H and O–H groups in total.